The van der Waals surface area contributed by atoms with E-state index in [1.807, 2.05) is 42.5 Å². The number of hydrogen-bond acceptors (Lipinski definition) is 2. The maximum absolute atomic E-state index is 10.2. The Labute approximate surface area is 306 Å². The zero-order chi connectivity index (χ0) is 35.5. The number of nitrogens with zero attached hydrogens (tertiary/aromatic N) is 3. The number of fused-ring (bicyclic) bond motifs is 7. The first-order chi connectivity index (χ1) is 26.2. The van der Waals surface area contributed by atoms with Gasteiger partial charge in [0.2, 0.25) is 0 Å². The Bertz CT molecular complexity index is 3120. The van der Waals surface area contributed by atoms with E-state index >= 15 is 0 Å². The summed E-state index contributed by atoms with van der Waals surface area (Å²) in [6, 6.07) is 66.4. The van der Waals surface area contributed by atoms with Crippen LogP contribution in [-0.4, -0.2) is 4.57 Å². The summed E-state index contributed by atoms with van der Waals surface area (Å²) >= 11 is 0. The molecule has 10 rings (SSSR count). The van der Waals surface area contributed by atoms with E-state index in [2.05, 4.69) is 150 Å². The van der Waals surface area contributed by atoms with Crippen LogP contribution >= 0.6 is 0 Å². The smallest absolute Gasteiger partial charge is 0.0998 e. The van der Waals surface area contributed by atoms with E-state index in [0.717, 1.165) is 43.8 Å². The molecule has 0 spiro atoms. The summed E-state index contributed by atoms with van der Waals surface area (Å²) in [7, 11) is 0. The summed E-state index contributed by atoms with van der Waals surface area (Å²) < 4.78 is 2.22. The van der Waals surface area contributed by atoms with Gasteiger partial charge in [-0.15, -0.1) is 0 Å². The van der Waals surface area contributed by atoms with Crippen molar-refractivity contribution in [3.05, 3.63) is 187 Å². The number of aromatic nitrogens is 1. The Hall–Kier alpha value is -7.46. The van der Waals surface area contributed by atoms with Crippen LogP contribution in [0.5, 0.6) is 0 Å². The van der Waals surface area contributed by atoms with Crippen LogP contribution in [-0.2, 0) is 0 Å². The third kappa shape index (κ3) is 4.73. The molecule has 0 saturated carbocycles. The molecule has 1 heterocycles. The van der Waals surface area contributed by atoms with E-state index in [1.54, 1.807) is 0 Å². The minimum atomic E-state index is 0.606. The normalized spacial score (nSPS) is 11.4. The van der Waals surface area contributed by atoms with Crippen molar-refractivity contribution in [3.63, 3.8) is 0 Å². The molecule has 244 valence electrons. The molecule has 3 nitrogen and oxygen atoms in total. The third-order valence-electron chi connectivity index (χ3n) is 10.6. The first kappa shape index (κ1) is 30.4. The van der Waals surface area contributed by atoms with Crippen molar-refractivity contribution in [2.24, 2.45) is 0 Å². The van der Waals surface area contributed by atoms with Gasteiger partial charge in [0.25, 0.3) is 0 Å². The average molecular weight is 672 g/mol. The molecule has 3 heteroatoms. The van der Waals surface area contributed by atoms with Gasteiger partial charge in [-0.25, -0.2) is 0 Å². The molecule has 0 bridgehead atoms. The zero-order valence-electron chi connectivity index (χ0n) is 28.6. The second-order valence-corrected chi connectivity index (χ2v) is 13.5. The van der Waals surface area contributed by atoms with Gasteiger partial charge in [-0.3, -0.25) is 0 Å². The van der Waals surface area contributed by atoms with Crippen molar-refractivity contribution < 1.29 is 0 Å². The summed E-state index contributed by atoms with van der Waals surface area (Å²) in [5, 5.41) is 28.8. The van der Waals surface area contributed by atoms with E-state index in [0.29, 0.717) is 11.1 Å². The van der Waals surface area contributed by atoms with Crippen molar-refractivity contribution >= 4 is 54.1 Å². The predicted molar refractivity (Wildman–Crippen MR) is 219 cm³/mol. The molecule has 10 aromatic rings. The topological polar surface area (TPSA) is 52.5 Å². The largest absolute Gasteiger partial charge is 0.309 e. The zero-order valence-corrected chi connectivity index (χ0v) is 28.6. The van der Waals surface area contributed by atoms with Crippen molar-refractivity contribution in [1.29, 1.82) is 10.5 Å². The van der Waals surface area contributed by atoms with Crippen molar-refractivity contribution in [2.75, 3.05) is 0 Å². The third-order valence-corrected chi connectivity index (χ3v) is 10.6. The molecule has 53 heavy (non-hydrogen) atoms. The first-order valence-electron chi connectivity index (χ1n) is 17.7. The molecular weight excluding hydrogens is 643 g/mol. The fourth-order valence-electron chi connectivity index (χ4n) is 8.33. The SMILES string of the molecule is N#Cc1ccc2c(c1)c1c3ccccc3c(C#N)cc1n2-c1ccc(-c2c3ccccc3c(-c3cccc(-c4ccccc4)c3)c3ccccc23)cc1. The molecule has 0 atom stereocenters. The molecular formula is C50H29N3. The van der Waals surface area contributed by atoms with E-state index in [1.165, 1.54) is 49.4 Å². The Morgan fingerprint density at radius 1 is 0.358 bits per heavy atom. The lowest BCUT2D eigenvalue weighted by Gasteiger charge is -2.18. The molecule has 0 saturated heterocycles. The fraction of sp³-hybridized carbons (Fsp3) is 0. The molecule has 0 amide bonds. The highest BCUT2D eigenvalue weighted by Gasteiger charge is 2.20. The maximum Gasteiger partial charge on any atom is 0.0998 e. The molecule has 0 aliphatic heterocycles. The first-order valence-corrected chi connectivity index (χ1v) is 17.7. The highest BCUT2D eigenvalue weighted by atomic mass is 15.0. The van der Waals surface area contributed by atoms with Crippen LogP contribution in [0.25, 0.3) is 93.2 Å². The van der Waals surface area contributed by atoms with Gasteiger partial charge in [-0.2, -0.15) is 10.5 Å². The van der Waals surface area contributed by atoms with Gasteiger partial charge >= 0.3 is 0 Å². The fourth-order valence-corrected chi connectivity index (χ4v) is 8.33. The molecule has 0 fully saturated rings. The van der Waals surface area contributed by atoms with Crippen LogP contribution in [0.3, 0.4) is 0 Å². The van der Waals surface area contributed by atoms with Gasteiger partial charge in [-0.1, -0.05) is 133 Å². The highest BCUT2D eigenvalue weighted by molar-refractivity contribution is 6.23. The number of hydrogen-bond donors (Lipinski definition) is 0. The lowest BCUT2D eigenvalue weighted by atomic mass is 9.85. The second kappa shape index (κ2) is 12.1. The predicted octanol–water partition coefficient (Wildman–Crippen LogP) is 13.0. The molecule has 0 N–H and O–H groups in total. The number of rotatable bonds is 4. The highest BCUT2D eigenvalue weighted by Crippen LogP contribution is 2.45. The van der Waals surface area contributed by atoms with Crippen molar-refractivity contribution in [3.8, 4) is 51.2 Å². The Morgan fingerprint density at radius 2 is 0.925 bits per heavy atom. The Morgan fingerprint density at radius 3 is 1.57 bits per heavy atom. The molecule has 0 aliphatic carbocycles. The quantitative estimate of drug-likeness (QED) is 0.175. The van der Waals surface area contributed by atoms with E-state index in [9.17, 15) is 10.5 Å². The van der Waals surface area contributed by atoms with Crippen LogP contribution in [0.4, 0.5) is 0 Å². The van der Waals surface area contributed by atoms with E-state index < -0.39 is 0 Å². The van der Waals surface area contributed by atoms with Crippen LogP contribution in [0.2, 0.25) is 0 Å². The van der Waals surface area contributed by atoms with Gasteiger partial charge in [0.1, 0.15) is 0 Å². The van der Waals surface area contributed by atoms with Crippen LogP contribution < -0.4 is 0 Å². The van der Waals surface area contributed by atoms with Crippen LogP contribution in [0.1, 0.15) is 11.1 Å². The molecule has 0 radical (unpaired) electrons. The molecule has 1 aromatic heterocycles. The van der Waals surface area contributed by atoms with E-state index in [-0.39, 0.29) is 0 Å². The molecule has 0 unspecified atom stereocenters. The van der Waals surface area contributed by atoms with Crippen LogP contribution in [0, 0.1) is 22.7 Å². The van der Waals surface area contributed by atoms with Gasteiger partial charge in [0.15, 0.2) is 0 Å². The summed E-state index contributed by atoms with van der Waals surface area (Å²) in [5.41, 5.74) is 11.3. The van der Waals surface area contributed by atoms with Crippen molar-refractivity contribution in [1.82, 2.24) is 4.57 Å². The van der Waals surface area contributed by atoms with Crippen molar-refractivity contribution in [2.45, 2.75) is 0 Å². The summed E-state index contributed by atoms with van der Waals surface area (Å²) in [6.45, 7) is 0. The van der Waals surface area contributed by atoms with Crippen LogP contribution in [0.15, 0.2) is 176 Å². The van der Waals surface area contributed by atoms with Gasteiger partial charge in [-0.05, 0) is 103 Å². The Balaban J connectivity index is 1.19. The van der Waals surface area contributed by atoms with E-state index in [4.69, 9.17) is 0 Å². The minimum Gasteiger partial charge on any atom is -0.309 e. The maximum atomic E-state index is 10.2. The van der Waals surface area contributed by atoms with Gasteiger partial charge in [0.05, 0.1) is 34.3 Å². The lowest BCUT2D eigenvalue weighted by molar-refractivity contribution is 1.18. The van der Waals surface area contributed by atoms with Gasteiger partial charge < -0.3 is 4.57 Å². The summed E-state index contributed by atoms with van der Waals surface area (Å²) in [6.07, 6.45) is 0. The molecule has 9 aromatic carbocycles. The number of nitriles is 2. The number of benzene rings is 9. The monoisotopic (exact) mass is 671 g/mol. The minimum absolute atomic E-state index is 0.606. The van der Waals surface area contributed by atoms with Gasteiger partial charge in [0, 0.05) is 21.8 Å². The summed E-state index contributed by atoms with van der Waals surface area (Å²) in [5.74, 6) is 0. The molecule has 0 aliphatic rings. The standard InChI is InChI=1S/C50H29N3/c51-30-32-21-26-46-45(27-32)50-40-16-5-4-15-39(40)37(31-52)29-47(50)53(46)38-24-22-34(23-25-38)48-41-17-6-8-19-43(41)49(44-20-9-7-18-42(44)48)36-14-10-13-35(28-36)33-11-2-1-3-12-33/h1-29H. The summed E-state index contributed by atoms with van der Waals surface area (Å²) in [4.78, 5) is 0. The Kier molecular flexibility index (Phi) is 6.93. The average Bonchev–Trinajstić information content (AvgIpc) is 3.56. The second-order valence-electron chi connectivity index (χ2n) is 13.5. The lowest BCUT2D eigenvalue weighted by Crippen LogP contribution is -1.95.